The largest absolute Gasteiger partial charge is 0.444 e. The maximum absolute atomic E-state index is 12.3. The van der Waals surface area contributed by atoms with Crippen LogP contribution in [-0.4, -0.2) is 58.5 Å². The van der Waals surface area contributed by atoms with Crippen LogP contribution in [0.1, 0.15) is 26.3 Å². The Labute approximate surface area is 152 Å². The SMILES string of the molecule is CC(C)(C)OC(=O)N1CCN(C(=O)/C=C/c2ccccc2[N+](=O)[O-])CC1. The molecule has 0 radical (unpaired) electrons. The van der Waals surface area contributed by atoms with Gasteiger partial charge >= 0.3 is 6.09 Å². The van der Waals surface area contributed by atoms with E-state index in [1.165, 1.54) is 18.2 Å². The van der Waals surface area contributed by atoms with Crippen molar-refractivity contribution < 1.29 is 19.2 Å². The Morgan fingerprint density at radius 3 is 2.27 bits per heavy atom. The van der Waals surface area contributed by atoms with Crippen LogP contribution in [-0.2, 0) is 9.53 Å². The van der Waals surface area contributed by atoms with E-state index < -0.39 is 10.5 Å². The molecule has 0 aromatic heterocycles. The van der Waals surface area contributed by atoms with Crippen molar-refractivity contribution in [3.8, 4) is 0 Å². The van der Waals surface area contributed by atoms with Crippen LogP contribution in [0.15, 0.2) is 30.3 Å². The minimum atomic E-state index is -0.558. The Bertz CT molecular complexity index is 716. The molecule has 26 heavy (non-hydrogen) atoms. The van der Waals surface area contributed by atoms with Crippen LogP contribution in [0.25, 0.3) is 6.08 Å². The van der Waals surface area contributed by atoms with Gasteiger partial charge in [0.1, 0.15) is 5.60 Å². The Hall–Kier alpha value is -2.90. The van der Waals surface area contributed by atoms with Crippen LogP contribution < -0.4 is 0 Å². The minimum Gasteiger partial charge on any atom is -0.444 e. The van der Waals surface area contributed by atoms with Gasteiger partial charge in [0.2, 0.25) is 5.91 Å². The number of nitro benzene ring substituents is 1. The summed E-state index contributed by atoms with van der Waals surface area (Å²) in [5, 5.41) is 11.0. The molecule has 1 saturated heterocycles. The number of amides is 2. The highest BCUT2D eigenvalue weighted by Gasteiger charge is 2.27. The lowest BCUT2D eigenvalue weighted by molar-refractivity contribution is -0.385. The highest BCUT2D eigenvalue weighted by Crippen LogP contribution is 2.19. The van der Waals surface area contributed by atoms with Gasteiger partial charge in [-0.05, 0) is 32.9 Å². The third-order valence-electron chi connectivity index (χ3n) is 3.78. The zero-order chi connectivity index (χ0) is 19.3. The van der Waals surface area contributed by atoms with E-state index in [1.54, 1.807) is 48.8 Å². The normalized spacial score (nSPS) is 15.2. The smallest absolute Gasteiger partial charge is 0.410 e. The standard InChI is InChI=1S/C18H23N3O5/c1-18(2,3)26-17(23)20-12-10-19(11-13-20)16(22)9-8-14-6-4-5-7-15(14)21(24)25/h4-9H,10-13H2,1-3H3/b9-8+. The minimum absolute atomic E-state index is 0.0497. The molecule has 0 unspecified atom stereocenters. The number of para-hydroxylation sites is 1. The van der Waals surface area contributed by atoms with Crippen LogP contribution in [0.3, 0.4) is 0 Å². The molecule has 8 nitrogen and oxygen atoms in total. The number of nitrogens with zero attached hydrogens (tertiary/aromatic N) is 3. The summed E-state index contributed by atoms with van der Waals surface area (Å²) in [6.07, 6.45) is 2.38. The number of piperazine rings is 1. The molecule has 1 aromatic rings. The summed E-state index contributed by atoms with van der Waals surface area (Å²) in [4.78, 5) is 38.0. The van der Waals surface area contributed by atoms with Crippen molar-refractivity contribution in [3.05, 3.63) is 46.0 Å². The van der Waals surface area contributed by atoms with E-state index in [4.69, 9.17) is 4.74 Å². The molecule has 0 saturated carbocycles. The molecule has 140 valence electrons. The number of rotatable bonds is 3. The van der Waals surface area contributed by atoms with Gasteiger partial charge in [-0.2, -0.15) is 0 Å². The fourth-order valence-corrected chi connectivity index (χ4v) is 2.50. The molecule has 1 aliphatic heterocycles. The van der Waals surface area contributed by atoms with Crippen LogP contribution in [0.4, 0.5) is 10.5 Å². The number of hydrogen-bond donors (Lipinski definition) is 0. The van der Waals surface area contributed by atoms with E-state index >= 15 is 0 Å². The number of carbonyl (C=O) groups excluding carboxylic acids is 2. The van der Waals surface area contributed by atoms with Gasteiger partial charge in [-0.1, -0.05) is 12.1 Å². The van der Waals surface area contributed by atoms with Crippen LogP contribution in [0.5, 0.6) is 0 Å². The molecule has 2 rings (SSSR count). The summed E-state index contributed by atoms with van der Waals surface area (Å²) in [5.74, 6) is -0.244. The third-order valence-corrected chi connectivity index (χ3v) is 3.78. The molecular formula is C18H23N3O5. The highest BCUT2D eigenvalue weighted by atomic mass is 16.6. The summed E-state index contributed by atoms with van der Waals surface area (Å²) in [7, 11) is 0. The van der Waals surface area contributed by atoms with Crippen LogP contribution >= 0.6 is 0 Å². The molecular weight excluding hydrogens is 338 g/mol. The predicted octanol–water partition coefficient (Wildman–Crippen LogP) is 2.69. The van der Waals surface area contributed by atoms with Crippen molar-refractivity contribution in [1.29, 1.82) is 0 Å². The topological polar surface area (TPSA) is 93.0 Å². The predicted molar refractivity (Wildman–Crippen MR) is 96.5 cm³/mol. The zero-order valence-electron chi connectivity index (χ0n) is 15.2. The fourth-order valence-electron chi connectivity index (χ4n) is 2.50. The molecule has 1 fully saturated rings. The number of nitro groups is 1. The summed E-state index contributed by atoms with van der Waals surface area (Å²) < 4.78 is 5.32. The molecule has 8 heteroatoms. The molecule has 2 amide bonds. The van der Waals surface area contributed by atoms with Gasteiger partial charge in [-0.25, -0.2) is 4.79 Å². The van der Waals surface area contributed by atoms with Gasteiger partial charge in [0.15, 0.2) is 0 Å². The first kappa shape index (κ1) is 19.4. The molecule has 1 aromatic carbocycles. The molecule has 0 N–H and O–H groups in total. The van der Waals surface area contributed by atoms with Crippen molar-refractivity contribution in [3.63, 3.8) is 0 Å². The highest BCUT2D eigenvalue weighted by molar-refractivity contribution is 5.92. The number of hydrogen-bond acceptors (Lipinski definition) is 5. The van der Waals surface area contributed by atoms with Crippen molar-refractivity contribution in [2.45, 2.75) is 26.4 Å². The van der Waals surface area contributed by atoms with E-state index in [0.717, 1.165) is 0 Å². The molecule has 0 spiro atoms. The van der Waals surface area contributed by atoms with Crippen molar-refractivity contribution in [2.75, 3.05) is 26.2 Å². The van der Waals surface area contributed by atoms with E-state index in [9.17, 15) is 19.7 Å². The first-order valence-corrected chi connectivity index (χ1v) is 8.36. The van der Waals surface area contributed by atoms with Gasteiger partial charge in [0, 0.05) is 38.3 Å². The van der Waals surface area contributed by atoms with Gasteiger partial charge in [0.05, 0.1) is 10.5 Å². The second-order valence-corrected chi connectivity index (χ2v) is 6.94. The van der Waals surface area contributed by atoms with Crippen molar-refractivity contribution in [2.24, 2.45) is 0 Å². The fraction of sp³-hybridized carbons (Fsp3) is 0.444. The second-order valence-electron chi connectivity index (χ2n) is 6.94. The van der Waals surface area contributed by atoms with Gasteiger partial charge in [0.25, 0.3) is 5.69 Å². The first-order valence-electron chi connectivity index (χ1n) is 8.36. The Kier molecular flexibility index (Phi) is 5.97. The van der Waals surface area contributed by atoms with Gasteiger partial charge in [-0.3, -0.25) is 14.9 Å². The maximum atomic E-state index is 12.3. The molecule has 0 atom stereocenters. The third kappa shape index (κ3) is 5.30. The number of ether oxygens (including phenoxy) is 1. The average Bonchev–Trinajstić information content (AvgIpc) is 2.58. The molecule has 1 heterocycles. The lowest BCUT2D eigenvalue weighted by Gasteiger charge is -2.35. The number of benzene rings is 1. The van der Waals surface area contributed by atoms with Gasteiger partial charge < -0.3 is 14.5 Å². The van der Waals surface area contributed by atoms with Crippen molar-refractivity contribution in [1.82, 2.24) is 9.80 Å². The van der Waals surface area contributed by atoms with E-state index in [2.05, 4.69) is 0 Å². The Morgan fingerprint density at radius 2 is 1.69 bits per heavy atom. The zero-order valence-corrected chi connectivity index (χ0v) is 15.2. The summed E-state index contributed by atoms with van der Waals surface area (Å²) in [5.41, 5.74) is -0.235. The Balaban J connectivity index is 1.93. The molecule has 0 bridgehead atoms. The number of carbonyl (C=O) groups is 2. The van der Waals surface area contributed by atoms with Crippen molar-refractivity contribution >= 4 is 23.8 Å². The van der Waals surface area contributed by atoms with E-state index in [1.807, 2.05) is 0 Å². The maximum Gasteiger partial charge on any atom is 0.410 e. The van der Waals surface area contributed by atoms with Gasteiger partial charge in [-0.15, -0.1) is 0 Å². The molecule has 0 aliphatic carbocycles. The monoisotopic (exact) mass is 361 g/mol. The van der Waals surface area contributed by atoms with Crippen LogP contribution in [0, 0.1) is 10.1 Å². The van der Waals surface area contributed by atoms with Crippen LogP contribution in [0.2, 0.25) is 0 Å². The lowest BCUT2D eigenvalue weighted by Crippen LogP contribution is -2.51. The van der Waals surface area contributed by atoms with E-state index in [-0.39, 0.29) is 17.7 Å². The summed E-state index contributed by atoms with van der Waals surface area (Å²) in [6, 6.07) is 6.23. The van der Waals surface area contributed by atoms with E-state index in [0.29, 0.717) is 31.7 Å². The summed E-state index contributed by atoms with van der Waals surface area (Å²) >= 11 is 0. The summed E-state index contributed by atoms with van der Waals surface area (Å²) in [6.45, 7) is 6.97. The second kappa shape index (κ2) is 7.99. The lowest BCUT2D eigenvalue weighted by atomic mass is 10.1. The molecule has 1 aliphatic rings. The average molecular weight is 361 g/mol. The Morgan fingerprint density at radius 1 is 1.12 bits per heavy atom. The first-order chi connectivity index (χ1) is 12.2. The quantitative estimate of drug-likeness (QED) is 0.469.